The molecule has 0 unspecified atom stereocenters. The van der Waals surface area contributed by atoms with Gasteiger partial charge in [0.05, 0.1) is 6.61 Å². The molecule has 2 N–H and O–H groups in total. The lowest BCUT2D eigenvalue weighted by atomic mass is 10.5. The van der Waals surface area contributed by atoms with Crippen LogP contribution < -0.4 is 0 Å². The second-order valence-corrected chi connectivity index (χ2v) is 3.10. The Hall–Kier alpha value is -0.940. The van der Waals surface area contributed by atoms with E-state index >= 15 is 0 Å². The molecule has 0 fully saturated rings. The first-order valence-electron chi connectivity index (χ1n) is 3.31. The van der Waals surface area contributed by atoms with Crippen LogP contribution in [-0.4, -0.2) is 28.5 Å². The molecule has 5 heteroatoms. The first kappa shape index (κ1) is 9.15. The number of furan rings is 1. The van der Waals surface area contributed by atoms with Gasteiger partial charge in [-0.2, -0.15) is 0 Å². The van der Waals surface area contributed by atoms with Crippen LogP contribution in [0, 0.1) is 0 Å². The number of carboxylic acids is 1. The standard InChI is InChI=1S/C7H8O4S/c8-3-4-12-6-2-1-5(11-6)7(9)10/h1-2,8H,3-4H2,(H,9,10). The van der Waals surface area contributed by atoms with Crippen LogP contribution in [0.15, 0.2) is 21.6 Å². The fourth-order valence-electron chi connectivity index (χ4n) is 0.659. The summed E-state index contributed by atoms with van der Waals surface area (Å²) in [6, 6.07) is 2.96. The van der Waals surface area contributed by atoms with Gasteiger partial charge >= 0.3 is 5.97 Å². The Morgan fingerprint density at radius 1 is 1.58 bits per heavy atom. The number of rotatable bonds is 4. The molecule has 4 nitrogen and oxygen atoms in total. The molecular formula is C7H8O4S. The molecule has 0 radical (unpaired) electrons. The van der Waals surface area contributed by atoms with Crippen LogP contribution in [0.3, 0.4) is 0 Å². The highest BCUT2D eigenvalue weighted by Crippen LogP contribution is 2.20. The molecule has 0 bridgehead atoms. The zero-order valence-corrected chi connectivity index (χ0v) is 7.00. The van der Waals surface area contributed by atoms with Crippen molar-refractivity contribution in [3.63, 3.8) is 0 Å². The number of aromatic carboxylic acids is 1. The maximum Gasteiger partial charge on any atom is 0.371 e. The highest BCUT2D eigenvalue weighted by atomic mass is 32.2. The number of carboxylic acid groups (broad SMARTS) is 1. The van der Waals surface area contributed by atoms with Gasteiger partial charge in [-0.3, -0.25) is 0 Å². The fourth-order valence-corrected chi connectivity index (χ4v) is 1.26. The molecule has 0 saturated heterocycles. The molecule has 0 aromatic carbocycles. The Labute approximate surface area is 73.2 Å². The quantitative estimate of drug-likeness (QED) is 0.691. The average molecular weight is 188 g/mol. The van der Waals surface area contributed by atoms with E-state index in [0.717, 1.165) is 0 Å². The summed E-state index contributed by atoms with van der Waals surface area (Å²) < 4.78 is 4.90. The molecule has 0 amide bonds. The van der Waals surface area contributed by atoms with Crippen molar-refractivity contribution in [2.24, 2.45) is 0 Å². The van der Waals surface area contributed by atoms with Crippen LogP contribution in [0.1, 0.15) is 10.6 Å². The van der Waals surface area contributed by atoms with Gasteiger partial charge in [-0.25, -0.2) is 4.79 Å². The highest BCUT2D eigenvalue weighted by Gasteiger charge is 2.08. The Kier molecular flexibility index (Phi) is 3.19. The normalized spacial score (nSPS) is 10.1. The van der Waals surface area contributed by atoms with E-state index in [0.29, 0.717) is 10.8 Å². The Balaban J connectivity index is 2.58. The van der Waals surface area contributed by atoms with E-state index in [1.165, 1.54) is 17.8 Å². The summed E-state index contributed by atoms with van der Waals surface area (Å²) in [6.45, 7) is 0.0494. The lowest BCUT2D eigenvalue weighted by Gasteiger charge is -1.91. The molecule has 0 saturated carbocycles. The topological polar surface area (TPSA) is 70.7 Å². The largest absolute Gasteiger partial charge is 0.475 e. The van der Waals surface area contributed by atoms with Crippen molar-refractivity contribution in [3.8, 4) is 0 Å². The van der Waals surface area contributed by atoms with E-state index in [2.05, 4.69) is 0 Å². The van der Waals surface area contributed by atoms with Crippen LogP contribution in [0.5, 0.6) is 0 Å². The third kappa shape index (κ3) is 2.28. The summed E-state index contributed by atoms with van der Waals surface area (Å²) in [6.07, 6.45) is 0. The van der Waals surface area contributed by atoms with Crippen molar-refractivity contribution in [1.82, 2.24) is 0 Å². The van der Waals surface area contributed by atoms with E-state index in [9.17, 15) is 4.79 Å². The van der Waals surface area contributed by atoms with E-state index in [-0.39, 0.29) is 12.4 Å². The van der Waals surface area contributed by atoms with Gasteiger partial charge in [0.1, 0.15) is 0 Å². The number of hydrogen-bond acceptors (Lipinski definition) is 4. The van der Waals surface area contributed by atoms with Gasteiger partial charge in [-0.05, 0) is 12.1 Å². The zero-order valence-electron chi connectivity index (χ0n) is 6.19. The molecule has 0 aliphatic heterocycles. The molecule has 1 aromatic rings. The van der Waals surface area contributed by atoms with Crippen LogP contribution in [-0.2, 0) is 0 Å². The maximum absolute atomic E-state index is 10.3. The van der Waals surface area contributed by atoms with Gasteiger partial charge in [0, 0.05) is 5.75 Å². The smallest absolute Gasteiger partial charge is 0.371 e. The fraction of sp³-hybridized carbons (Fsp3) is 0.286. The lowest BCUT2D eigenvalue weighted by molar-refractivity contribution is 0.0656. The summed E-state index contributed by atoms with van der Waals surface area (Å²) in [5.41, 5.74) is 0. The zero-order chi connectivity index (χ0) is 8.97. The molecule has 1 rings (SSSR count). The minimum absolute atomic E-state index is 0.0494. The molecule has 0 aliphatic carbocycles. The van der Waals surface area contributed by atoms with Crippen molar-refractivity contribution in [2.75, 3.05) is 12.4 Å². The lowest BCUT2D eigenvalue weighted by Crippen LogP contribution is -1.91. The van der Waals surface area contributed by atoms with E-state index in [4.69, 9.17) is 14.6 Å². The molecule has 66 valence electrons. The molecule has 0 aliphatic rings. The van der Waals surface area contributed by atoms with E-state index < -0.39 is 5.97 Å². The summed E-state index contributed by atoms with van der Waals surface area (Å²) in [5, 5.41) is 17.5. The Morgan fingerprint density at radius 3 is 2.83 bits per heavy atom. The number of aliphatic hydroxyl groups is 1. The summed E-state index contributed by atoms with van der Waals surface area (Å²) in [7, 11) is 0. The predicted octanol–water partition coefficient (Wildman–Crippen LogP) is 1.06. The first-order valence-corrected chi connectivity index (χ1v) is 4.29. The van der Waals surface area contributed by atoms with Gasteiger partial charge in [-0.1, -0.05) is 11.8 Å². The molecule has 0 atom stereocenters. The van der Waals surface area contributed by atoms with Crippen molar-refractivity contribution in [3.05, 3.63) is 17.9 Å². The van der Waals surface area contributed by atoms with Crippen LogP contribution in [0.4, 0.5) is 0 Å². The second-order valence-electron chi connectivity index (χ2n) is 2.00. The number of aliphatic hydroxyl groups excluding tert-OH is 1. The SMILES string of the molecule is O=C(O)c1ccc(SCCO)o1. The monoisotopic (exact) mass is 188 g/mol. The molecule has 1 heterocycles. The summed E-state index contributed by atoms with van der Waals surface area (Å²) >= 11 is 1.28. The van der Waals surface area contributed by atoms with Gasteiger partial charge < -0.3 is 14.6 Å². The number of thioether (sulfide) groups is 1. The van der Waals surface area contributed by atoms with Crippen LogP contribution in [0.2, 0.25) is 0 Å². The maximum atomic E-state index is 10.3. The Morgan fingerprint density at radius 2 is 2.33 bits per heavy atom. The second kappa shape index (κ2) is 4.18. The molecule has 0 spiro atoms. The Bertz CT molecular complexity index is 268. The van der Waals surface area contributed by atoms with Crippen molar-refractivity contribution in [1.29, 1.82) is 0 Å². The van der Waals surface area contributed by atoms with Crippen molar-refractivity contribution in [2.45, 2.75) is 5.09 Å². The highest BCUT2D eigenvalue weighted by molar-refractivity contribution is 7.99. The van der Waals surface area contributed by atoms with Crippen molar-refractivity contribution >= 4 is 17.7 Å². The molecule has 12 heavy (non-hydrogen) atoms. The predicted molar refractivity (Wildman–Crippen MR) is 43.5 cm³/mol. The van der Waals surface area contributed by atoms with Crippen LogP contribution >= 0.6 is 11.8 Å². The third-order valence-corrected chi connectivity index (χ3v) is 2.02. The number of carbonyl (C=O) groups is 1. The first-order chi connectivity index (χ1) is 5.74. The summed E-state index contributed by atoms with van der Waals surface area (Å²) in [5.74, 6) is -0.645. The van der Waals surface area contributed by atoms with E-state index in [1.54, 1.807) is 6.07 Å². The minimum Gasteiger partial charge on any atom is -0.475 e. The third-order valence-electron chi connectivity index (χ3n) is 1.13. The minimum atomic E-state index is -1.08. The van der Waals surface area contributed by atoms with E-state index in [1.807, 2.05) is 0 Å². The number of hydrogen-bond donors (Lipinski definition) is 2. The van der Waals surface area contributed by atoms with Crippen LogP contribution in [0.25, 0.3) is 0 Å². The van der Waals surface area contributed by atoms with Gasteiger partial charge in [0.25, 0.3) is 0 Å². The molecule has 1 aromatic heterocycles. The van der Waals surface area contributed by atoms with Crippen molar-refractivity contribution < 1.29 is 19.4 Å². The van der Waals surface area contributed by atoms with Gasteiger partial charge in [-0.15, -0.1) is 0 Å². The summed E-state index contributed by atoms with van der Waals surface area (Å²) in [4.78, 5) is 10.3. The van der Waals surface area contributed by atoms with Gasteiger partial charge in [0.15, 0.2) is 5.09 Å². The van der Waals surface area contributed by atoms with Gasteiger partial charge in [0.2, 0.25) is 5.76 Å². The molecular weight excluding hydrogens is 180 g/mol. The average Bonchev–Trinajstić information content (AvgIpc) is 2.48.